The van der Waals surface area contributed by atoms with Crippen LogP contribution < -0.4 is 0 Å². The minimum Gasteiger partial charge on any atom is -0.480 e. The second-order valence-corrected chi connectivity index (χ2v) is 5.28. The van der Waals surface area contributed by atoms with Crippen molar-refractivity contribution in [2.45, 2.75) is 25.0 Å². The molecule has 0 rings (SSSR count). The Hall–Kier alpha value is -0.630. The van der Waals surface area contributed by atoms with Crippen LogP contribution in [0.15, 0.2) is 0 Å². The van der Waals surface area contributed by atoms with Crippen LogP contribution in [0.5, 0.6) is 0 Å². The van der Waals surface area contributed by atoms with E-state index in [0.717, 1.165) is 0 Å². The van der Waals surface area contributed by atoms with E-state index in [1.165, 1.54) is 13.8 Å². The average molecular weight is 248 g/mol. The molecule has 0 aliphatic carbocycles. The monoisotopic (exact) mass is 248 g/mol. The van der Waals surface area contributed by atoms with Gasteiger partial charge in [0, 0.05) is 16.6 Å². The number of halogens is 3. The van der Waals surface area contributed by atoms with Crippen molar-refractivity contribution in [3.8, 4) is 0 Å². The minimum atomic E-state index is -4.78. The molecule has 0 bridgehead atoms. The first-order valence-electron chi connectivity index (χ1n) is 3.90. The van der Waals surface area contributed by atoms with Crippen LogP contribution in [-0.4, -0.2) is 38.8 Å². The summed E-state index contributed by atoms with van der Waals surface area (Å²) in [5.74, 6) is -1.80. The Labute approximate surface area is 86.9 Å². The Morgan fingerprint density at radius 3 is 2.20 bits per heavy atom. The lowest BCUT2D eigenvalue weighted by Gasteiger charge is -2.18. The first-order valence-corrected chi connectivity index (χ1v) is 5.22. The van der Waals surface area contributed by atoms with Crippen LogP contribution in [0.4, 0.5) is 13.2 Å². The summed E-state index contributed by atoms with van der Waals surface area (Å²) in [6, 6.07) is 0. The highest BCUT2D eigenvalue weighted by atomic mass is 32.2. The number of ether oxygens (including phenoxy) is 1. The van der Waals surface area contributed by atoms with Crippen LogP contribution in [0.3, 0.4) is 0 Å². The molecule has 0 saturated carbocycles. The second-order valence-electron chi connectivity index (χ2n) is 3.16. The number of aliphatic carboxylic acids is 1. The maximum atomic E-state index is 11.5. The van der Waals surface area contributed by atoms with Gasteiger partial charge >= 0.3 is 12.3 Å². The fraction of sp³-hybridized carbons (Fsp3) is 0.857. The van der Waals surface area contributed by atoms with Gasteiger partial charge in [-0.1, -0.05) is 0 Å². The number of carbonyl (C=O) groups is 1. The molecule has 15 heavy (non-hydrogen) atoms. The zero-order valence-electron chi connectivity index (χ0n) is 8.13. The molecular formula is C7H11F3O4S. The largest absolute Gasteiger partial charge is 0.522 e. The number of rotatable bonds is 5. The first kappa shape index (κ1) is 14.4. The van der Waals surface area contributed by atoms with E-state index in [2.05, 4.69) is 4.74 Å². The van der Waals surface area contributed by atoms with Gasteiger partial charge in [-0.2, -0.15) is 0 Å². The van der Waals surface area contributed by atoms with Crippen LogP contribution in [0.2, 0.25) is 0 Å². The second kappa shape index (κ2) is 4.93. The fourth-order valence-electron chi connectivity index (χ4n) is 0.586. The predicted molar refractivity (Wildman–Crippen MR) is 46.7 cm³/mol. The smallest absolute Gasteiger partial charge is 0.480 e. The summed E-state index contributed by atoms with van der Waals surface area (Å²) in [4.78, 5) is 10.6. The van der Waals surface area contributed by atoms with Gasteiger partial charge in [-0.3, -0.25) is 13.7 Å². The van der Waals surface area contributed by atoms with E-state index in [4.69, 9.17) is 5.11 Å². The quantitative estimate of drug-likeness (QED) is 0.792. The number of hydrogen-bond donors (Lipinski definition) is 1. The molecule has 0 heterocycles. The first-order chi connectivity index (χ1) is 6.57. The SMILES string of the molecule is CC(C)(C(=O)O)S(=O)CCOC(F)(F)F. The third kappa shape index (κ3) is 5.12. The Kier molecular flexibility index (Phi) is 4.72. The van der Waals surface area contributed by atoms with Gasteiger partial charge in [0.15, 0.2) is 0 Å². The zero-order valence-corrected chi connectivity index (χ0v) is 8.94. The Bertz CT molecular complexity index is 261. The molecule has 0 spiro atoms. The molecule has 4 nitrogen and oxygen atoms in total. The molecule has 0 radical (unpaired) electrons. The van der Waals surface area contributed by atoms with Crippen molar-refractivity contribution in [2.75, 3.05) is 12.4 Å². The van der Waals surface area contributed by atoms with Crippen LogP contribution in [-0.2, 0) is 20.3 Å². The number of alkyl halides is 3. The van der Waals surface area contributed by atoms with E-state index in [1.807, 2.05) is 0 Å². The maximum Gasteiger partial charge on any atom is 0.522 e. The van der Waals surface area contributed by atoms with Crippen molar-refractivity contribution in [1.29, 1.82) is 0 Å². The molecule has 0 fully saturated rings. The van der Waals surface area contributed by atoms with Crippen molar-refractivity contribution in [3.63, 3.8) is 0 Å². The Morgan fingerprint density at radius 1 is 1.40 bits per heavy atom. The molecule has 0 amide bonds. The highest BCUT2D eigenvalue weighted by Crippen LogP contribution is 2.17. The van der Waals surface area contributed by atoms with E-state index in [1.54, 1.807) is 0 Å². The third-order valence-corrected chi connectivity index (χ3v) is 3.47. The number of carboxylic acid groups (broad SMARTS) is 1. The normalized spacial score (nSPS) is 15.0. The molecule has 0 aromatic heterocycles. The van der Waals surface area contributed by atoms with Crippen molar-refractivity contribution >= 4 is 16.8 Å². The standard InChI is InChI=1S/C7H11F3O4S/c1-6(2,5(11)12)15(13)4-3-14-7(8,9)10/h3-4H2,1-2H3,(H,11,12). The van der Waals surface area contributed by atoms with Gasteiger partial charge in [0.1, 0.15) is 4.75 Å². The minimum absolute atomic E-state index is 0.473. The van der Waals surface area contributed by atoms with Crippen molar-refractivity contribution in [3.05, 3.63) is 0 Å². The molecular weight excluding hydrogens is 237 g/mol. The highest BCUT2D eigenvalue weighted by molar-refractivity contribution is 7.87. The summed E-state index contributed by atoms with van der Waals surface area (Å²) in [7, 11) is -1.92. The molecule has 1 unspecified atom stereocenters. The van der Waals surface area contributed by atoms with E-state index >= 15 is 0 Å². The van der Waals surface area contributed by atoms with Gasteiger partial charge in [0.25, 0.3) is 0 Å². The van der Waals surface area contributed by atoms with Gasteiger partial charge in [0.05, 0.1) is 6.61 Å². The molecule has 0 saturated heterocycles. The summed E-state index contributed by atoms with van der Waals surface area (Å²) >= 11 is 0. The molecule has 0 aromatic rings. The van der Waals surface area contributed by atoms with E-state index in [9.17, 15) is 22.2 Å². The van der Waals surface area contributed by atoms with Gasteiger partial charge in [-0.05, 0) is 13.8 Å². The zero-order chi connectivity index (χ0) is 12.3. The summed E-state index contributed by atoms with van der Waals surface area (Å²) in [5.41, 5.74) is 0. The van der Waals surface area contributed by atoms with Gasteiger partial charge in [0.2, 0.25) is 0 Å². The van der Waals surface area contributed by atoms with Crippen LogP contribution in [0.25, 0.3) is 0 Å². The van der Waals surface area contributed by atoms with E-state index in [-0.39, 0.29) is 0 Å². The number of hydrogen-bond acceptors (Lipinski definition) is 3. The van der Waals surface area contributed by atoms with Gasteiger partial charge in [-0.25, -0.2) is 0 Å². The van der Waals surface area contributed by atoms with Crippen LogP contribution >= 0.6 is 0 Å². The van der Waals surface area contributed by atoms with Gasteiger partial charge in [-0.15, -0.1) is 13.2 Å². The molecule has 0 aromatic carbocycles. The predicted octanol–water partition coefficient (Wildman–Crippen LogP) is 1.13. The molecule has 1 atom stereocenters. The summed E-state index contributed by atoms with van der Waals surface area (Å²) in [6.07, 6.45) is -4.78. The Morgan fingerprint density at radius 2 is 1.87 bits per heavy atom. The highest BCUT2D eigenvalue weighted by Gasteiger charge is 2.35. The number of carboxylic acids is 1. The summed E-state index contributed by atoms with van der Waals surface area (Å²) in [6.45, 7) is 1.55. The molecule has 1 N–H and O–H groups in total. The van der Waals surface area contributed by atoms with Crippen LogP contribution in [0.1, 0.15) is 13.8 Å². The topological polar surface area (TPSA) is 63.6 Å². The van der Waals surface area contributed by atoms with Gasteiger partial charge < -0.3 is 5.11 Å². The molecule has 90 valence electrons. The molecule has 0 aliphatic rings. The third-order valence-electron chi connectivity index (χ3n) is 1.62. The lowest BCUT2D eigenvalue weighted by Crippen LogP contribution is -2.38. The summed E-state index contributed by atoms with van der Waals surface area (Å²) < 4.78 is 47.7. The summed E-state index contributed by atoms with van der Waals surface area (Å²) in [5, 5.41) is 8.61. The Balaban J connectivity index is 4.11. The van der Waals surface area contributed by atoms with E-state index in [0.29, 0.717) is 0 Å². The lowest BCUT2D eigenvalue weighted by molar-refractivity contribution is -0.322. The molecule has 0 aliphatic heterocycles. The average Bonchev–Trinajstić information content (AvgIpc) is 2.01. The van der Waals surface area contributed by atoms with E-state index < -0.39 is 40.2 Å². The molecule has 8 heteroatoms. The maximum absolute atomic E-state index is 11.5. The van der Waals surface area contributed by atoms with Crippen LogP contribution in [0, 0.1) is 0 Å². The fourth-order valence-corrected chi connectivity index (χ4v) is 1.53. The van der Waals surface area contributed by atoms with Crippen molar-refractivity contribution in [1.82, 2.24) is 0 Å². The lowest BCUT2D eigenvalue weighted by atomic mass is 10.2. The van der Waals surface area contributed by atoms with Crippen molar-refractivity contribution in [2.24, 2.45) is 0 Å². The van der Waals surface area contributed by atoms with Crippen molar-refractivity contribution < 1.29 is 32.0 Å².